The molecular weight excluding hydrogens is 282 g/mol. The van der Waals surface area contributed by atoms with E-state index in [0.29, 0.717) is 24.6 Å². The van der Waals surface area contributed by atoms with Crippen molar-refractivity contribution in [3.05, 3.63) is 60.6 Å². The van der Waals surface area contributed by atoms with Crippen LogP contribution in [0.3, 0.4) is 0 Å². The van der Waals surface area contributed by atoms with Crippen molar-refractivity contribution in [2.45, 2.75) is 19.5 Å². The van der Waals surface area contributed by atoms with E-state index in [2.05, 4.69) is 15.5 Å². The third-order valence-corrected chi connectivity index (χ3v) is 3.17. The topological polar surface area (TPSA) is 77.9 Å². The molecule has 0 aliphatic heterocycles. The van der Waals surface area contributed by atoms with Crippen molar-refractivity contribution in [1.82, 2.24) is 24.9 Å². The lowest BCUT2D eigenvalue weighted by Crippen LogP contribution is -2.24. The van der Waals surface area contributed by atoms with E-state index in [9.17, 15) is 4.79 Å². The number of carbonyl (C=O) groups excluding carboxylic acids is 1. The van der Waals surface area contributed by atoms with Crippen LogP contribution in [0.1, 0.15) is 22.7 Å². The highest BCUT2D eigenvalue weighted by Gasteiger charge is 2.10. The summed E-state index contributed by atoms with van der Waals surface area (Å²) in [6, 6.07) is 7.20. The van der Waals surface area contributed by atoms with Gasteiger partial charge in [0.25, 0.3) is 5.91 Å². The maximum absolute atomic E-state index is 12.0. The summed E-state index contributed by atoms with van der Waals surface area (Å²) in [4.78, 5) is 12.0. The minimum absolute atomic E-state index is 0.202. The Bertz CT molecular complexity index is 700. The van der Waals surface area contributed by atoms with E-state index in [4.69, 9.17) is 4.42 Å². The van der Waals surface area contributed by atoms with Crippen LogP contribution in [0, 0.1) is 0 Å². The standard InChI is InChI=1S/C15H17N5O2/c21-15(16-6-1-9-19-10-2-7-17-19)14-5-4-13(22-14)12-20-11-3-8-18-20/h2-5,7-8,10-11H,1,6,9,12H2,(H,16,21). The molecule has 3 aromatic heterocycles. The number of hydrogen-bond acceptors (Lipinski definition) is 4. The molecule has 0 saturated heterocycles. The molecule has 3 aromatic rings. The second kappa shape index (κ2) is 6.75. The fourth-order valence-corrected chi connectivity index (χ4v) is 2.10. The number of amides is 1. The maximum atomic E-state index is 12.0. The number of rotatable bonds is 7. The summed E-state index contributed by atoms with van der Waals surface area (Å²) in [6.07, 6.45) is 8.00. The fourth-order valence-electron chi connectivity index (χ4n) is 2.10. The van der Waals surface area contributed by atoms with Crippen LogP contribution in [0.4, 0.5) is 0 Å². The number of furan rings is 1. The van der Waals surface area contributed by atoms with Gasteiger partial charge in [-0.05, 0) is 30.7 Å². The molecular formula is C15H17N5O2. The van der Waals surface area contributed by atoms with Crippen molar-refractivity contribution in [2.75, 3.05) is 6.54 Å². The average Bonchev–Trinajstić information content (AvgIpc) is 3.26. The molecule has 114 valence electrons. The van der Waals surface area contributed by atoms with Crippen LogP contribution in [0.5, 0.6) is 0 Å². The largest absolute Gasteiger partial charge is 0.454 e. The van der Waals surface area contributed by atoms with Crippen molar-refractivity contribution in [2.24, 2.45) is 0 Å². The van der Waals surface area contributed by atoms with Crippen LogP contribution >= 0.6 is 0 Å². The molecule has 3 rings (SSSR count). The first-order valence-electron chi connectivity index (χ1n) is 7.13. The maximum Gasteiger partial charge on any atom is 0.286 e. The molecule has 0 aromatic carbocycles. The molecule has 0 aliphatic carbocycles. The van der Waals surface area contributed by atoms with E-state index in [1.807, 2.05) is 29.2 Å². The molecule has 0 aliphatic rings. The van der Waals surface area contributed by atoms with E-state index < -0.39 is 0 Å². The molecule has 1 amide bonds. The second-order valence-corrected chi connectivity index (χ2v) is 4.85. The molecule has 1 N–H and O–H groups in total. The summed E-state index contributed by atoms with van der Waals surface area (Å²) < 4.78 is 9.11. The van der Waals surface area contributed by atoms with E-state index in [1.54, 1.807) is 29.2 Å². The zero-order chi connectivity index (χ0) is 15.2. The van der Waals surface area contributed by atoms with Gasteiger partial charge < -0.3 is 9.73 Å². The first-order valence-corrected chi connectivity index (χ1v) is 7.13. The predicted octanol–water partition coefficient (Wildman–Crippen LogP) is 1.54. The van der Waals surface area contributed by atoms with Crippen molar-refractivity contribution < 1.29 is 9.21 Å². The van der Waals surface area contributed by atoms with Crippen LogP contribution in [-0.2, 0) is 13.1 Å². The van der Waals surface area contributed by atoms with Gasteiger partial charge in [-0.2, -0.15) is 10.2 Å². The Morgan fingerprint density at radius 2 is 1.91 bits per heavy atom. The Balaban J connectivity index is 1.45. The van der Waals surface area contributed by atoms with Crippen molar-refractivity contribution in [3.63, 3.8) is 0 Å². The SMILES string of the molecule is O=C(NCCCn1cccn1)c1ccc(Cn2cccn2)o1. The summed E-state index contributed by atoms with van der Waals surface area (Å²) in [5, 5.41) is 11.0. The third-order valence-electron chi connectivity index (χ3n) is 3.17. The molecule has 22 heavy (non-hydrogen) atoms. The summed E-state index contributed by atoms with van der Waals surface area (Å²) >= 11 is 0. The highest BCUT2D eigenvalue weighted by Crippen LogP contribution is 2.09. The average molecular weight is 299 g/mol. The number of hydrogen-bond donors (Lipinski definition) is 1. The van der Waals surface area contributed by atoms with Crippen LogP contribution in [-0.4, -0.2) is 32.0 Å². The van der Waals surface area contributed by atoms with Crippen LogP contribution in [0.2, 0.25) is 0 Å². The van der Waals surface area contributed by atoms with Crippen molar-refractivity contribution in [3.8, 4) is 0 Å². The fraction of sp³-hybridized carbons (Fsp3) is 0.267. The van der Waals surface area contributed by atoms with Crippen molar-refractivity contribution in [1.29, 1.82) is 0 Å². The van der Waals surface area contributed by atoms with Crippen molar-refractivity contribution >= 4 is 5.91 Å². The molecule has 0 atom stereocenters. The quantitative estimate of drug-likeness (QED) is 0.671. The molecule has 0 fully saturated rings. The van der Waals surface area contributed by atoms with Gasteiger partial charge in [-0.3, -0.25) is 14.2 Å². The smallest absolute Gasteiger partial charge is 0.286 e. The number of aromatic nitrogens is 4. The van der Waals surface area contributed by atoms with Gasteiger partial charge in [0.2, 0.25) is 0 Å². The van der Waals surface area contributed by atoms with Gasteiger partial charge in [0.05, 0.1) is 6.54 Å². The molecule has 3 heterocycles. The number of aryl methyl sites for hydroxylation is 1. The predicted molar refractivity (Wildman–Crippen MR) is 79.2 cm³/mol. The lowest BCUT2D eigenvalue weighted by molar-refractivity contribution is 0.0923. The van der Waals surface area contributed by atoms with E-state index >= 15 is 0 Å². The summed E-state index contributed by atoms with van der Waals surface area (Å²) in [5.74, 6) is 0.818. The third kappa shape index (κ3) is 3.63. The van der Waals surface area contributed by atoms with Crippen LogP contribution in [0.25, 0.3) is 0 Å². The molecule has 0 radical (unpaired) electrons. The Morgan fingerprint density at radius 3 is 2.64 bits per heavy atom. The number of carbonyl (C=O) groups is 1. The first kappa shape index (κ1) is 14.1. The van der Waals surface area contributed by atoms with E-state index in [1.165, 1.54) is 0 Å². The number of nitrogens with one attached hydrogen (secondary N) is 1. The zero-order valence-electron chi connectivity index (χ0n) is 12.1. The highest BCUT2D eigenvalue weighted by molar-refractivity contribution is 5.91. The Hall–Kier alpha value is -2.83. The molecule has 0 saturated carbocycles. The molecule has 0 spiro atoms. The molecule has 7 nitrogen and oxygen atoms in total. The molecule has 0 bridgehead atoms. The van der Waals surface area contributed by atoms with Gasteiger partial charge in [0.15, 0.2) is 5.76 Å². The van der Waals surface area contributed by atoms with Gasteiger partial charge in [-0.15, -0.1) is 0 Å². The van der Waals surface area contributed by atoms with Gasteiger partial charge >= 0.3 is 0 Å². The first-order chi connectivity index (χ1) is 10.8. The minimum Gasteiger partial charge on any atom is -0.454 e. The van der Waals surface area contributed by atoms with Gasteiger partial charge in [-0.25, -0.2) is 0 Å². The van der Waals surface area contributed by atoms with E-state index in [0.717, 1.165) is 13.0 Å². The summed E-state index contributed by atoms with van der Waals surface area (Å²) in [5.41, 5.74) is 0. The Kier molecular flexibility index (Phi) is 4.33. The Morgan fingerprint density at radius 1 is 1.14 bits per heavy atom. The monoisotopic (exact) mass is 299 g/mol. The minimum atomic E-state index is -0.202. The highest BCUT2D eigenvalue weighted by atomic mass is 16.4. The summed E-state index contributed by atoms with van der Waals surface area (Å²) in [7, 11) is 0. The van der Waals surface area contributed by atoms with Crippen LogP contribution < -0.4 is 5.32 Å². The second-order valence-electron chi connectivity index (χ2n) is 4.85. The van der Waals surface area contributed by atoms with Crippen LogP contribution in [0.15, 0.2) is 53.5 Å². The van der Waals surface area contributed by atoms with E-state index in [-0.39, 0.29) is 5.91 Å². The zero-order valence-corrected chi connectivity index (χ0v) is 12.1. The normalized spacial score (nSPS) is 10.7. The Labute approximate surface area is 127 Å². The molecule has 0 unspecified atom stereocenters. The lowest BCUT2D eigenvalue weighted by Gasteiger charge is -2.03. The molecule has 7 heteroatoms. The van der Waals surface area contributed by atoms with Gasteiger partial charge in [0.1, 0.15) is 5.76 Å². The lowest BCUT2D eigenvalue weighted by atomic mass is 10.3. The number of nitrogens with zero attached hydrogens (tertiary/aromatic N) is 4. The van der Waals surface area contributed by atoms with Gasteiger partial charge in [-0.1, -0.05) is 0 Å². The van der Waals surface area contributed by atoms with Gasteiger partial charge in [0, 0.05) is 37.9 Å². The summed E-state index contributed by atoms with van der Waals surface area (Å²) in [6.45, 7) is 1.86.